The Bertz CT molecular complexity index is 366. The zero-order valence-corrected chi connectivity index (χ0v) is 10.8. The fraction of sp³-hybridized carbons (Fsp3) is 0.615. The number of hydrogen-bond acceptors (Lipinski definition) is 4. The van der Waals surface area contributed by atoms with E-state index in [-0.39, 0.29) is 0 Å². The largest absolute Gasteiger partial charge is 0.383 e. The Labute approximate surface area is 103 Å². The summed E-state index contributed by atoms with van der Waals surface area (Å²) in [6.07, 6.45) is 3.05. The van der Waals surface area contributed by atoms with E-state index in [4.69, 9.17) is 5.73 Å². The Morgan fingerprint density at radius 1 is 1.59 bits per heavy atom. The average molecular weight is 234 g/mol. The normalized spacial score (nSPS) is 21.2. The van der Waals surface area contributed by atoms with Crippen molar-refractivity contribution in [3.05, 3.63) is 23.9 Å². The molecule has 1 saturated heterocycles. The van der Waals surface area contributed by atoms with Crippen molar-refractivity contribution in [2.24, 2.45) is 5.92 Å². The van der Waals surface area contributed by atoms with Crippen LogP contribution in [0.5, 0.6) is 0 Å². The highest BCUT2D eigenvalue weighted by molar-refractivity contribution is 5.38. The summed E-state index contributed by atoms with van der Waals surface area (Å²) in [5.74, 6) is 1.45. The van der Waals surface area contributed by atoms with E-state index in [9.17, 15) is 0 Å². The summed E-state index contributed by atoms with van der Waals surface area (Å²) >= 11 is 0. The number of anilines is 1. The molecule has 2 N–H and O–H groups in total. The van der Waals surface area contributed by atoms with Gasteiger partial charge in [0.05, 0.1) is 0 Å². The number of nitrogens with zero attached hydrogens (tertiary/aromatic N) is 3. The number of hydrogen-bond donors (Lipinski definition) is 1. The second kappa shape index (κ2) is 5.47. The molecule has 0 amide bonds. The van der Waals surface area contributed by atoms with Gasteiger partial charge in [-0.3, -0.25) is 0 Å². The van der Waals surface area contributed by atoms with Gasteiger partial charge in [0.25, 0.3) is 0 Å². The molecular weight excluding hydrogens is 212 g/mol. The van der Waals surface area contributed by atoms with E-state index >= 15 is 0 Å². The molecular formula is C13H22N4. The summed E-state index contributed by atoms with van der Waals surface area (Å²) in [7, 11) is 4.35. The lowest BCUT2D eigenvalue weighted by Gasteiger charge is -2.21. The predicted octanol–water partition coefficient (Wildman–Crippen LogP) is 1.05. The molecule has 1 fully saturated rings. The molecule has 2 rings (SSSR count). The fourth-order valence-corrected chi connectivity index (χ4v) is 2.56. The van der Waals surface area contributed by atoms with Gasteiger partial charge in [-0.25, -0.2) is 4.98 Å². The summed E-state index contributed by atoms with van der Waals surface area (Å²) in [4.78, 5) is 8.86. The molecule has 94 valence electrons. The van der Waals surface area contributed by atoms with Crippen LogP contribution in [0.1, 0.15) is 12.0 Å². The highest BCUT2D eigenvalue weighted by Gasteiger charge is 2.20. The van der Waals surface area contributed by atoms with Gasteiger partial charge < -0.3 is 15.5 Å². The van der Waals surface area contributed by atoms with Crippen molar-refractivity contribution in [2.45, 2.75) is 13.0 Å². The van der Waals surface area contributed by atoms with Crippen LogP contribution in [0.4, 0.5) is 5.82 Å². The van der Waals surface area contributed by atoms with Crippen LogP contribution in [-0.2, 0) is 6.54 Å². The van der Waals surface area contributed by atoms with Gasteiger partial charge in [-0.05, 0) is 39.0 Å². The molecule has 0 aromatic carbocycles. The standard InChI is InChI=1S/C13H22N4/c1-16-7-5-11(8-16)9-17(2)10-12-4-3-6-15-13(12)14/h3-4,6,11H,5,7-10H2,1-2H3,(H2,14,15). The van der Waals surface area contributed by atoms with Crippen LogP contribution in [0, 0.1) is 5.92 Å². The first-order valence-electron chi connectivity index (χ1n) is 6.21. The first-order valence-corrected chi connectivity index (χ1v) is 6.21. The topological polar surface area (TPSA) is 45.4 Å². The maximum absolute atomic E-state index is 5.85. The minimum absolute atomic E-state index is 0.655. The molecule has 2 heterocycles. The fourth-order valence-electron chi connectivity index (χ4n) is 2.56. The summed E-state index contributed by atoms with van der Waals surface area (Å²) < 4.78 is 0. The highest BCUT2D eigenvalue weighted by atomic mass is 15.1. The van der Waals surface area contributed by atoms with Gasteiger partial charge >= 0.3 is 0 Å². The van der Waals surface area contributed by atoms with Crippen LogP contribution in [0.25, 0.3) is 0 Å². The quantitative estimate of drug-likeness (QED) is 0.846. The van der Waals surface area contributed by atoms with E-state index in [1.165, 1.54) is 19.5 Å². The van der Waals surface area contributed by atoms with Crippen molar-refractivity contribution < 1.29 is 0 Å². The first kappa shape index (κ1) is 12.3. The van der Waals surface area contributed by atoms with Gasteiger partial charge in [0.15, 0.2) is 0 Å². The Morgan fingerprint density at radius 3 is 3.06 bits per heavy atom. The third-order valence-electron chi connectivity index (χ3n) is 3.43. The van der Waals surface area contributed by atoms with Crippen LogP contribution >= 0.6 is 0 Å². The summed E-state index contributed by atoms with van der Waals surface area (Å²) in [5, 5.41) is 0. The monoisotopic (exact) mass is 234 g/mol. The number of rotatable bonds is 4. The van der Waals surface area contributed by atoms with Crippen molar-refractivity contribution >= 4 is 5.82 Å². The molecule has 0 radical (unpaired) electrons. The van der Waals surface area contributed by atoms with Crippen molar-refractivity contribution in [1.29, 1.82) is 0 Å². The van der Waals surface area contributed by atoms with Crippen molar-refractivity contribution in [1.82, 2.24) is 14.8 Å². The zero-order chi connectivity index (χ0) is 12.3. The molecule has 4 heteroatoms. The summed E-state index contributed by atoms with van der Waals surface area (Å²) in [6, 6.07) is 4.00. The van der Waals surface area contributed by atoms with Gasteiger partial charge in [0.1, 0.15) is 5.82 Å². The molecule has 0 spiro atoms. The molecule has 1 aliphatic rings. The molecule has 1 aliphatic heterocycles. The molecule has 17 heavy (non-hydrogen) atoms. The minimum atomic E-state index is 0.655. The van der Waals surface area contributed by atoms with Gasteiger partial charge in [-0.15, -0.1) is 0 Å². The van der Waals surface area contributed by atoms with Gasteiger partial charge in [0, 0.05) is 31.4 Å². The predicted molar refractivity (Wildman–Crippen MR) is 70.6 cm³/mol. The van der Waals surface area contributed by atoms with Crippen molar-refractivity contribution in [2.75, 3.05) is 39.5 Å². The number of aromatic nitrogens is 1. The molecule has 1 aromatic heterocycles. The molecule has 0 aliphatic carbocycles. The Hall–Kier alpha value is -1.13. The first-order chi connectivity index (χ1) is 8.15. The lowest BCUT2D eigenvalue weighted by atomic mass is 10.1. The smallest absolute Gasteiger partial charge is 0.127 e. The lowest BCUT2D eigenvalue weighted by molar-refractivity contribution is 0.267. The van der Waals surface area contributed by atoms with E-state index < -0.39 is 0 Å². The van der Waals surface area contributed by atoms with E-state index in [0.717, 1.165) is 24.6 Å². The number of likely N-dealkylation sites (tertiary alicyclic amines) is 1. The SMILES string of the molecule is CN1CCC(CN(C)Cc2cccnc2N)C1. The maximum Gasteiger partial charge on any atom is 0.127 e. The van der Waals surface area contributed by atoms with Gasteiger partial charge in [-0.1, -0.05) is 6.07 Å². The Morgan fingerprint density at radius 2 is 2.41 bits per heavy atom. The van der Waals surface area contributed by atoms with Crippen molar-refractivity contribution in [3.8, 4) is 0 Å². The summed E-state index contributed by atoms with van der Waals surface area (Å²) in [5.41, 5.74) is 6.98. The molecule has 0 bridgehead atoms. The van der Waals surface area contributed by atoms with E-state index in [0.29, 0.717) is 5.82 Å². The van der Waals surface area contributed by atoms with Crippen LogP contribution in [0.2, 0.25) is 0 Å². The zero-order valence-electron chi connectivity index (χ0n) is 10.8. The molecule has 0 saturated carbocycles. The molecule has 1 unspecified atom stereocenters. The number of nitrogens with two attached hydrogens (primary N) is 1. The van der Waals surface area contributed by atoms with Crippen LogP contribution in [0.3, 0.4) is 0 Å². The Balaban J connectivity index is 1.85. The van der Waals surface area contributed by atoms with Crippen LogP contribution in [-0.4, -0.2) is 48.5 Å². The van der Waals surface area contributed by atoms with Gasteiger partial charge in [-0.2, -0.15) is 0 Å². The average Bonchev–Trinajstić information content (AvgIpc) is 2.67. The second-order valence-corrected chi connectivity index (χ2v) is 5.16. The lowest BCUT2D eigenvalue weighted by Crippen LogP contribution is -2.27. The highest BCUT2D eigenvalue weighted by Crippen LogP contribution is 2.17. The van der Waals surface area contributed by atoms with Crippen LogP contribution < -0.4 is 5.73 Å². The molecule has 1 aromatic rings. The maximum atomic E-state index is 5.85. The van der Waals surface area contributed by atoms with Gasteiger partial charge in [0.2, 0.25) is 0 Å². The third kappa shape index (κ3) is 3.41. The molecule has 4 nitrogen and oxygen atoms in total. The van der Waals surface area contributed by atoms with Crippen molar-refractivity contribution in [3.63, 3.8) is 0 Å². The summed E-state index contributed by atoms with van der Waals surface area (Å²) in [6.45, 7) is 4.47. The third-order valence-corrected chi connectivity index (χ3v) is 3.43. The van der Waals surface area contributed by atoms with E-state index in [1.54, 1.807) is 6.20 Å². The van der Waals surface area contributed by atoms with Crippen LogP contribution in [0.15, 0.2) is 18.3 Å². The van der Waals surface area contributed by atoms with E-state index in [1.807, 2.05) is 6.07 Å². The van der Waals surface area contributed by atoms with E-state index in [2.05, 4.69) is 34.9 Å². The number of nitrogen functional groups attached to an aromatic ring is 1. The minimum Gasteiger partial charge on any atom is -0.383 e. The number of pyridine rings is 1. The second-order valence-electron chi connectivity index (χ2n) is 5.16. The Kier molecular flexibility index (Phi) is 3.97. The molecule has 1 atom stereocenters.